The van der Waals surface area contributed by atoms with E-state index in [4.69, 9.17) is 0 Å². The van der Waals surface area contributed by atoms with Gasteiger partial charge in [0.1, 0.15) is 5.75 Å². The van der Waals surface area contributed by atoms with Crippen LogP contribution in [0.1, 0.15) is 62.1 Å². The quantitative estimate of drug-likeness (QED) is 0.743. The van der Waals surface area contributed by atoms with Gasteiger partial charge in [0.05, 0.1) is 0 Å². The van der Waals surface area contributed by atoms with E-state index in [1.165, 1.54) is 24.0 Å². The Balaban J connectivity index is 2.58. The van der Waals surface area contributed by atoms with Crippen LogP contribution >= 0.6 is 0 Å². The Morgan fingerprint density at radius 3 is 2.56 bits per heavy atom. The highest BCUT2D eigenvalue weighted by Crippen LogP contribution is 2.46. The zero-order valence-electron chi connectivity index (χ0n) is 10.7. The highest BCUT2D eigenvalue weighted by molar-refractivity contribution is 5.49. The summed E-state index contributed by atoms with van der Waals surface area (Å²) in [5.41, 5.74) is 3.61. The summed E-state index contributed by atoms with van der Waals surface area (Å²) in [4.78, 5) is 0. The van der Waals surface area contributed by atoms with Crippen LogP contribution in [0.3, 0.4) is 0 Å². The van der Waals surface area contributed by atoms with Crippen molar-refractivity contribution in [2.75, 3.05) is 0 Å². The minimum atomic E-state index is 0.533. The van der Waals surface area contributed by atoms with Gasteiger partial charge in [0, 0.05) is 5.56 Å². The molecule has 1 aliphatic rings. The molecule has 0 fully saturated rings. The lowest BCUT2D eigenvalue weighted by Gasteiger charge is -2.33. The van der Waals surface area contributed by atoms with Gasteiger partial charge < -0.3 is 5.11 Å². The predicted molar refractivity (Wildman–Crippen MR) is 68.1 cm³/mol. The van der Waals surface area contributed by atoms with E-state index >= 15 is 0 Å². The molecule has 16 heavy (non-hydrogen) atoms. The summed E-state index contributed by atoms with van der Waals surface area (Å²) in [6.45, 7) is 8.77. The van der Waals surface area contributed by atoms with Crippen LogP contribution in [0.4, 0.5) is 0 Å². The molecule has 0 unspecified atom stereocenters. The molecule has 0 saturated heterocycles. The molecule has 0 aliphatic heterocycles. The Morgan fingerprint density at radius 1 is 1.25 bits per heavy atom. The summed E-state index contributed by atoms with van der Waals surface area (Å²) in [5.74, 6) is 2.28. The van der Waals surface area contributed by atoms with Gasteiger partial charge in [-0.2, -0.15) is 0 Å². The van der Waals surface area contributed by atoms with Crippen LogP contribution in [-0.4, -0.2) is 5.11 Å². The Bertz CT molecular complexity index is 393. The van der Waals surface area contributed by atoms with E-state index in [9.17, 15) is 5.11 Å². The molecule has 2 atom stereocenters. The van der Waals surface area contributed by atoms with E-state index in [2.05, 4.69) is 26.8 Å². The van der Waals surface area contributed by atoms with Crippen LogP contribution in [0.15, 0.2) is 12.1 Å². The molecule has 0 spiro atoms. The fourth-order valence-electron chi connectivity index (χ4n) is 2.95. The van der Waals surface area contributed by atoms with Crippen molar-refractivity contribution in [1.29, 1.82) is 0 Å². The Morgan fingerprint density at radius 2 is 1.94 bits per heavy atom. The predicted octanol–water partition coefficient (Wildman–Crippen LogP) is 4.34. The van der Waals surface area contributed by atoms with Gasteiger partial charge in [-0.05, 0) is 48.6 Å². The summed E-state index contributed by atoms with van der Waals surface area (Å²) >= 11 is 0. The Kier molecular flexibility index (Phi) is 2.96. The van der Waals surface area contributed by atoms with E-state index in [1.54, 1.807) is 0 Å². The van der Waals surface area contributed by atoms with Gasteiger partial charge >= 0.3 is 0 Å². The van der Waals surface area contributed by atoms with Gasteiger partial charge in [-0.1, -0.05) is 32.9 Å². The number of aromatic hydroxyl groups is 1. The first-order valence-corrected chi connectivity index (χ1v) is 6.34. The summed E-state index contributed by atoms with van der Waals surface area (Å²) in [5, 5.41) is 10.3. The third-order valence-corrected chi connectivity index (χ3v) is 4.07. The van der Waals surface area contributed by atoms with E-state index in [1.807, 2.05) is 13.0 Å². The maximum Gasteiger partial charge on any atom is 0.122 e. The second-order valence-corrected chi connectivity index (χ2v) is 5.56. The standard InChI is InChI=1S/C15H22O/c1-9(2)12-7-5-10(3)13-8-6-11(4)15(16)14(12)13/h6,8-10,12,16H,5,7H2,1-4H3/t10-,12-/m0/s1. The van der Waals surface area contributed by atoms with Crippen LogP contribution in [0.5, 0.6) is 5.75 Å². The summed E-state index contributed by atoms with van der Waals surface area (Å²) in [6.07, 6.45) is 2.46. The van der Waals surface area contributed by atoms with E-state index in [0.29, 0.717) is 23.5 Å². The molecule has 0 heterocycles. The van der Waals surface area contributed by atoms with Gasteiger partial charge in [-0.3, -0.25) is 0 Å². The monoisotopic (exact) mass is 218 g/mol. The topological polar surface area (TPSA) is 20.2 Å². The van der Waals surface area contributed by atoms with Gasteiger partial charge in [0.2, 0.25) is 0 Å². The number of benzene rings is 1. The number of phenolic OH excluding ortho intramolecular Hbond substituents is 1. The number of hydrogen-bond acceptors (Lipinski definition) is 1. The fraction of sp³-hybridized carbons (Fsp3) is 0.600. The first kappa shape index (κ1) is 11.5. The van der Waals surface area contributed by atoms with Crippen molar-refractivity contribution in [3.05, 3.63) is 28.8 Å². The van der Waals surface area contributed by atoms with Gasteiger partial charge in [-0.25, -0.2) is 0 Å². The highest BCUT2D eigenvalue weighted by Gasteiger charge is 2.29. The number of aryl methyl sites for hydroxylation is 1. The molecule has 1 aromatic carbocycles. The van der Waals surface area contributed by atoms with Crippen LogP contribution in [0.25, 0.3) is 0 Å². The summed E-state index contributed by atoms with van der Waals surface area (Å²) in [7, 11) is 0. The maximum absolute atomic E-state index is 10.3. The molecule has 1 aliphatic carbocycles. The minimum Gasteiger partial charge on any atom is -0.507 e. The van der Waals surface area contributed by atoms with Crippen molar-refractivity contribution in [2.24, 2.45) is 5.92 Å². The van der Waals surface area contributed by atoms with Gasteiger partial charge in [0.15, 0.2) is 0 Å². The molecule has 0 saturated carbocycles. The van der Waals surface area contributed by atoms with Crippen LogP contribution in [-0.2, 0) is 0 Å². The first-order valence-electron chi connectivity index (χ1n) is 6.34. The Hall–Kier alpha value is -0.980. The lowest BCUT2D eigenvalue weighted by molar-refractivity contribution is 0.381. The van der Waals surface area contributed by atoms with Crippen LogP contribution < -0.4 is 0 Å². The molecule has 0 amide bonds. The summed E-state index contributed by atoms with van der Waals surface area (Å²) < 4.78 is 0. The number of rotatable bonds is 1. The molecular weight excluding hydrogens is 196 g/mol. The van der Waals surface area contributed by atoms with E-state index < -0.39 is 0 Å². The molecule has 0 aromatic heterocycles. The third-order valence-electron chi connectivity index (χ3n) is 4.07. The average Bonchev–Trinajstić information content (AvgIpc) is 2.23. The SMILES string of the molecule is Cc1ccc2c(c1O)[C@H](C(C)C)CC[C@@H]2C. The maximum atomic E-state index is 10.3. The fourth-order valence-corrected chi connectivity index (χ4v) is 2.95. The second-order valence-electron chi connectivity index (χ2n) is 5.56. The zero-order valence-corrected chi connectivity index (χ0v) is 10.7. The normalized spacial score (nSPS) is 24.6. The van der Waals surface area contributed by atoms with Crippen molar-refractivity contribution in [1.82, 2.24) is 0 Å². The molecule has 1 nitrogen and oxygen atoms in total. The lowest BCUT2D eigenvalue weighted by atomic mass is 9.72. The minimum absolute atomic E-state index is 0.533. The van der Waals surface area contributed by atoms with Gasteiger partial charge in [-0.15, -0.1) is 0 Å². The zero-order chi connectivity index (χ0) is 11.9. The smallest absolute Gasteiger partial charge is 0.122 e. The van der Waals surface area contributed by atoms with Crippen LogP contribution in [0, 0.1) is 12.8 Å². The third kappa shape index (κ3) is 1.73. The molecule has 1 N–H and O–H groups in total. The second kappa shape index (κ2) is 4.12. The van der Waals surface area contributed by atoms with Crippen molar-refractivity contribution >= 4 is 0 Å². The van der Waals surface area contributed by atoms with Crippen molar-refractivity contribution in [2.45, 2.75) is 52.4 Å². The van der Waals surface area contributed by atoms with Crippen LogP contribution in [0.2, 0.25) is 0 Å². The largest absolute Gasteiger partial charge is 0.507 e. The highest BCUT2D eigenvalue weighted by atomic mass is 16.3. The first-order chi connectivity index (χ1) is 7.52. The van der Waals surface area contributed by atoms with Crippen molar-refractivity contribution in [3.8, 4) is 5.75 Å². The number of fused-ring (bicyclic) bond motifs is 1. The lowest BCUT2D eigenvalue weighted by Crippen LogP contribution is -2.17. The summed E-state index contributed by atoms with van der Waals surface area (Å²) in [6, 6.07) is 4.26. The number of hydrogen-bond donors (Lipinski definition) is 1. The molecule has 2 rings (SSSR count). The number of phenols is 1. The average molecular weight is 218 g/mol. The molecule has 88 valence electrons. The molecule has 1 heteroatoms. The van der Waals surface area contributed by atoms with Crippen molar-refractivity contribution in [3.63, 3.8) is 0 Å². The molecule has 1 aromatic rings. The molecule has 0 radical (unpaired) electrons. The van der Waals surface area contributed by atoms with E-state index in [-0.39, 0.29) is 0 Å². The van der Waals surface area contributed by atoms with Gasteiger partial charge in [0.25, 0.3) is 0 Å². The molecule has 0 bridgehead atoms. The Labute approximate surface area is 98.5 Å². The van der Waals surface area contributed by atoms with Crippen molar-refractivity contribution < 1.29 is 5.11 Å². The van der Waals surface area contributed by atoms with E-state index in [0.717, 1.165) is 5.56 Å². The molecular formula is C15H22O.